The molecule has 1 unspecified atom stereocenters. The van der Waals surface area contributed by atoms with Gasteiger partial charge in [0.1, 0.15) is 6.07 Å². The average molecular weight is 249 g/mol. The van der Waals surface area contributed by atoms with Gasteiger partial charge in [0.15, 0.2) is 0 Å². The molecular formula is C16H11NO2. The van der Waals surface area contributed by atoms with Crippen molar-refractivity contribution >= 4 is 5.97 Å². The first-order chi connectivity index (χ1) is 9.25. The van der Waals surface area contributed by atoms with Crippen LogP contribution >= 0.6 is 0 Å². The lowest BCUT2D eigenvalue weighted by Gasteiger charge is -2.32. The van der Waals surface area contributed by atoms with Gasteiger partial charge in [-0.3, -0.25) is 0 Å². The van der Waals surface area contributed by atoms with E-state index >= 15 is 0 Å². The van der Waals surface area contributed by atoms with Crippen LogP contribution in [-0.4, -0.2) is 5.97 Å². The lowest BCUT2D eigenvalue weighted by atomic mass is 9.84. The van der Waals surface area contributed by atoms with Crippen LogP contribution in [0.2, 0.25) is 0 Å². The topological polar surface area (TPSA) is 50.1 Å². The van der Waals surface area contributed by atoms with E-state index in [0.717, 1.165) is 5.56 Å². The molecule has 1 heterocycles. The Balaban J connectivity index is 2.13. The van der Waals surface area contributed by atoms with Gasteiger partial charge in [0.2, 0.25) is 5.60 Å². The van der Waals surface area contributed by atoms with Crippen molar-refractivity contribution in [3.05, 3.63) is 71.3 Å². The molecule has 0 N–H and O–H groups in total. The van der Waals surface area contributed by atoms with Crippen LogP contribution in [0.4, 0.5) is 0 Å². The highest BCUT2D eigenvalue weighted by molar-refractivity contribution is 5.92. The Morgan fingerprint density at radius 2 is 1.74 bits per heavy atom. The van der Waals surface area contributed by atoms with Crippen molar-refractivity contribution in [3.8, 4) is 6.07 Å². The number of nitriles is 1. The Labute approximate surface area is 111 Å². The molecule has 0 amide bonds. The second-order valence-electron chi connectivity index (χ2n) is 4.53. The summed E-state index contributed by atoms with van der Waals surface area (Å²) in [6, 6.07) is 18.6. The molecule has 0 saturated carbocycles. The van der Waals surface area contributed by atoms with Gasteiger partial charge in [-0.25, -0.2) is 4.79 Å². The van der Waals surface area contributed by atoms with E-state index in [1.165, 1.54) is 0 Å². The highest BCUT2D eigenvalue weighted by Crippen LogP contribution is 2.35. The highest BCUT2D eigenvalue weighted by Gasteiger charge is 2.42. The number of benzene rings is 2. The van der Waals surface area contributed by atoms with Crippen LogP contribution in [0.1, 0.15) is 21.5 Å². The summed E-state index contributed by atoms with van der Waals surface area (Å²) in [6.45, 7) is 0. The quantitative estimate of drug-likeness (QED) is 0.730. The molecule has 1 aliphatic rings. The van der Waals surface area contributed by atoms with E-state index < -0.39 is 11.6 Å². The number of hydrogen-bond donors (Lipinski definition) is 0. The summed E-state index contributed by atoms with van der Waals surface area (Å²) in [5, 5.41) is 9.51. The van der Waals surface area contributed by atoms with Crippen LogP contribution in [-0.2, 0) is 16.8 Å². The predicted molar refractivity (Wildman–Crippen MR) is 69.3 cm³/mol. The summed E-state index contributed by atoms with van der Waals surface area (Å²) >= 11 is 0. The maximum Gasteiger partial charge on any atom is 0.340 e. The highest BCUT2D eigenvalue weighted by atomic mass is 16.6. The minimum atomic E-state index is -1.22. The van der Waals surface area contributed by atoms with Crippen molar-refractivity contribution < 1.29 is 9.53 Å². The molecule has 3 heteroatoms. The Morgan fingerprint density at radius 1 is 1.05 bits per heavy atom. The van der Waals surface area contributed by atoms with E-state index in [1.807, 2.05) is 42.5 Å². The number of hydrogen-bond acceptors (Lipinski definition) is 3. The first-order valence-electron chi connectivity index (χ1n) is 6.03. The second-order valence-corrected chi connectivity index (χ2v) is 4.53. The Hall–Kier alpha value is -2.60. The second kappa shape index (κ2) is 4.25. The van der Waals surface area contributed by atoms with Crippen molar-refractivity contribution in [1.29, 1.82) is 5.26 Å². The molecule has 3 nitrogen and oxygen atoms in total. The molecule has 1 aliphatic heterocycles. The molecule has 2 aromatic carbocycles. The molecule has 0 fully saturated rings. The molecule has 0 aromatic heterocycles. The van der Waals surface area contributed by atoms with E-state index in [2.05, 4.69) is 6.07 Å². The monoisotopic (exact) mass is 249 g/mol. The summed E-state index contributed by atoms with van der Waals surface area (Å²) in [5.74, 6) is -0.438. The summed E-state index contributed by atoms with van der Waals surface area (Å²) in [7, 11) is 0. The molecule has 92 valence electrons. The molecule has 2 aromatic rings. The van der Waals surface area contributed by atoms with Gasteiger partial charge in [0, 0.05) is 12.0 Å². The lowest BCUT2D eigenvalue weighted by molar-refractivity contribution is -0.000614. The van der Waals surface area contributed by atoms with Crippen LogP contribution in [0.25, 0.3) is 0 Å². The van der Waals surface area contributed by atoms with Crippen LogP contribution in [0.3, 0.4) is 0 Å². The molecule has 19 heavy (non-hydrogen) atoms. The summed E-state index contributed by atoms with van der Waals surface area (Å²) < 4.78 is 5.44. The number of carbonyl (C=O) groups is 1. The number of rotatable bonds is 1. The maximum absolute atomic E-state index is 12.1. The molecule has 0 aliphatic carbocycles. The average Bonchev–Trinajstić information content (AvgIpc) is 2.48. The van der Waals surface area contributed by atoms with Gasteiger partial charge in [0.05, 0.1) is 5.56 Å². The van der Waals surface area contributed by atoms with Gasteiger partial charge < -0.3 is 4.74 Å². The van der Waals surface area contributed by atoms with E-state index in [-0.39, 0.29) is 0 Å². The van der Waals surface area contributed by atoms with E-state index in [0.29, 0.717) is 17.5 Å². The molecular weight excluding hydrogens is 238 g/mol. The van der Waals surface area contributed by atoms with E-state index in [1.54, 1.807) is 12.1 Å². The standard InChI is InChI=1S/C16H11NO2/c17-11-16(13-7-2-1-3-8-13)10-12-6-4-5-9-14(12)15(18)19-16/h1-9H,10H2. The number of esters is 1. The van der Waals surface area contributed by atoms with Gasteiger partial charge in [-0.05, 0) is 11.6 Å². The van der Waals surface area contributed by atoms with Gasteiger partial charge >= 0.3 is 5.97 Å². The summed E-state index contributed by atoms with van der Waals surface area (Å²) in [6.07, 6.45) is 0.384. The van der Waals surface area contributed by atoms with Gasteiger partial charge in [-0.15, -0.1) is 0 Å². The minimum absolute atomic E-state index is 0.384. The molecule has 0 saturated heterocycles. The smallest absolute Gasteiger partial charge is 0.340 e. The SMILES string of the molecule is N#CC1(c2ccccc2)Cc2ccccc2C(=O)O1. The number of carbonyl (C=O) groups excluding carboxylic acids is 1. The molecule has 1 atom stereocenters. The third-order valence-corrected chi connectivity index (χ3v) is 3.36. The molecule has 3 rings (SSSR count). The van der Waals surface area contributed by atoms with E-state index in [4.69, 9.17) is 4.74 Å². The van der Waals surface area contributed by atoms with Gasteiger partial charge in [-0.2, -0.15) is 5.26 Å². The number of ether oxygens (including phenoxy) is 1. The number of cyclic esters (lactones) is 1. The van der Waals surface area contributed by atoms with E-state index in [9.17, 15) is 10.1 Å². The van der Waals surface area contributed by atoms with Crippen LogP contribution in [0, 0.1) is 11.3 Å². The van der Waals surface area contributed by atoms with Crippen LogP contribution in [0.5, 0.6) is 0 Å². The Morgan fingerprint density at radius 3 is 2.47 bits per heavy atom. The number of nitrogens with zero attached hydrogens (tertiary/aromatic N) is 1. The minimum Gasteiger partial charge on any atom is -0.435 e. The fourth-order valence-corrected chi connectivity index (χ4v) is 2.39. The lowest BCUT2D eigenvalue weighted by Crippen LogP contribution is -2.38. The van der Waals surface area contributed by atoms with Crippen molar-refractivity contribution in [1.82, 2.24) is 0 Å². The van der Waals surface area contributed by atoms with Crippen LogP contribution in [0.15, 0.2) is 54.6 Å². The number of fused-ring (bicyclic) bond motifs is 1. The maximum atomic E-state index is 12.1. The fraction of sp³-hybridized carbons (Fsp3) is 0.125. The van der Waals surface area contributed by atoms with Gasteiger partial charge in [-0.1, -0.05) is 48.5 Å². The molecule has 0 spiro atoms. The largest absolute Gasteiger partial charge is 0.435 e. The normalized spacial score (nSPS) is 21.1. The van der Waals surface area contributed by atoms with Crippen molar-refractivity contribution in [2.45, 2.75) is 12.0 Å². The van der Waals surface area contributed by atoms with Gasteiger partial charge in [0.25, 0.3) is 0 Å². The van der Waals surface area contributed by atoms with Crippen molar-refractivity contribution in [2.75, 3.05) is 0 Å². The Kier molecular flexibility index (Phi) is 2.57. The summed E-state index contributed by atoms with van der Waals surface area (Å²) in [4.78, 5) is 12.1. The van der Waals surface area contributed by atoms with Crippen LogP contribution < -0.4 is 0 Å². The molecule has 0 radical (unpaired) electrons. The third kappa shape index (κ3) is 1.78. The third-order valence-electron chi connectivity index (χ3n) is 3.36. The fourth-order valence-electron chi connectivity index (χ4n) is 2.39. The zero-order valence-corrected chi connectivity index (χ0v) is 10.2. The van der Waals surface area contributed by atoms with Crippen molar-refractivity contribution in [2.24, 2.45) is 0 Å². The Bertz CT molecular complexity index is 673. The zero-order valence-electron chi connectivity index (χ0n) is 10.2. The van der Waals surface area contributed by atoms with Crippen molar-refractivity contribution in [3.63, 3.8) is 0 Å². The summed E-state index contributed by atoms with van der Waals surface area (Å²) in [5.41, 5.74) is 0.890. The zero-order chi connectivity index (χ0) is 13.3. The molecule has 0 bridgehead atoms. The first-order valence-corrected chi connectivity index (χ1v) is 6.03. The first kappa shape index (κ1) is 11.5. The predicted octanol–water partition coefficient (Wildman–Crippen LogP) is 2.82.